The Bertz CT molecular complexity index is 2550. The minimum atomic E-state index is 0.162. The third-order valence-corrected chi connectivity index (χ3v) is 14.3. The van der Waals surface area contributed by atoms with E-state index in [1.165, 1.54) is 74.8 Å². The molecule has 0 saturated heterocycles. The number of furan rings is 1. The molecule has 6 aromatic carbocycles. The molecule has 2 nitrogen and oxygen atoms in total. The lowest BCUT2D eigenvalue weighted by molar-refractivity contribution is 0.0937. The Labute approximate surface area is 289 Å². The second-order valence-corrected chi connectivity index (χ2v) is 16.4. The molecule has 236 valence electrons. The Kier molecular flexibility index (Phi) is 5.32. The van der Waals surface area contributed by atoms with Crippen molar-refractivity contribution in [2.24, 2.45) is 23.7 Å². The third-order valence-electron chi connectivity index (χ3n) is 13.2. The van der Waals surface area contributed by atoms with Crippen molar-refractivity contribution in [2.75, 3.05) is 4.90 Å². The van der Waals surface area contributed by atoms with Crippen LogP contribution in [0.3, 0.4) is 0 Å². The number of benzene rings is 6. The van der Waals surface area contributed by atoms with E-state index >= 15 is 0 Å². The first-order valence-electron chi connectivity index (χ1n) is 18.1. The molecule has 2 bridgehead atoms. The molecular weight excluding hydrogens is 615 g/mol. The largest absolute Gasteiger partial charge is 0.456 e. The van der Waals surface area contributed by atoms with Gasteiger partial charge in [0.2, 0.25) is 0 Å². The fraction of sp³-hybridized carbons (Fsp3) is 0.217. The number of hydrogen-bond donors (Lipinski definition) is 0. The van der Waals surface area contributed by atoms with E-state index in [4.69, 9.17) is 4.42 Å². The Hall–Kier alpha value is -4.86. The first-order valence-corrected chi connectivity index (χ1v) is 18.9. The number of para-hydroxylation sites is 1. The third kappa shape index (κ3) is 3.56. The SMILES string of the molecule is c1ccc2c(c1)-c1cc(N(c3ccc4c(c3)oc3ccccc34)c3ccc4c(c3)sc3ccccc34)ccc1C21CCC2CC3CC2C1C3. The highest BCUT2D eigenvalue weighted by atomic mass is 32.1. The highest BCUT2D eigenvalue weighted by Crippen LogP contribution is 2.69. The number of thiophene rings is 1. The zero-order valence-electron chi connectivity index (χ0n) is 27.2. The molecule has 4 aliphatic carbocycles. The van der Waals surface area contributed by atoms with Crippen LogP contribution in [0.25, 0.3) is 53.2 Å². The second kappa shape index (κ2) is 9.64. The maximum atomic E-state index is 6.45. The molecule has 0 N–H and O–H groups in total. The van der Waals surface area contributed by atoms with Gasteiger partial charge in [-0.25, -0.2) is 0 Å². The Morgan fingerprint density at radius 2 is 1.29 bits per heavy atom. The molecule has 2 heterocycles. The van der Waals surface area contributed by atoms with Gasteiger partial charge in [-0.3, -0.25) is 0 Å². The van der Waals surface area contributed by atoms with Crippen LogP contribution >= 0.6 is 11.3 Å². The molecule has 3 fully saturated rings. The van der Waals surface area contributed by atoms with Crippen molar-refractivity contribution in [3.63, 3.8) is 0 Å². The topological polar surface area (TPSA) is 16.4 Å². The number of hydrogen-bond acceptors (Lipinski definition) is 3. The highest BCUT2D eigenvalue weighted by Gasteiger charge is 2.60. The van der Waals surface area contributed by atoms with Crippen LogP contribution in [0, 0.1) is 23.7 Å². The average Bonchev–Trinajstić information content (AvgIpc) is 3.96. The monoisotopic (exact) mass is 649 g/mol. The Morgan fingerprint density at radius 3 is 2.22 bits per heavy atom. The molecule has 12 rings (SSSR count). The van der Waals surface area contributed by atoms with Crippen LogP contribution in [-0.2, 0) is 5.41 Å². The molecule has 0 aliphatic heterocycles. The van der Waals surface area contributed by atoms with E-state index in [0.29, 0.717) is 0 Å². The molecule has 5 atom stereocenters. The number of fused-ring (bicyclic) bond motifs is 13. The van der Waals surface area contributed by atoms with Crippen molar-refractivity contribution in [3.05, 3.63) is 139 Å². The van der Waals surface area contributed by atoms with Gasteiger partial charge in [0.1, 0.15) is 11.2 Å². The molecule has 3 heteroatoms. The summed E-state index contributed by atoms with van der Waals surface area (Å²) < 4.78 is 9.09. The van der Waals surface area contributed by atoms with Gasteiger partial charge in [0.25, 0.3) is 0 Å². The smallest absolute Gasteiger partial charge is 0.137 e. The lowest BCUT2D eigenvalue weighted by Crippen LogP contribution is -2.44. The van der Waals surface area contributed by atoms with Gasteiger partial charge in [-0.1, -0.05) is 72.8 Å². The van der Waals surface area contributed by atoms with Crippen molar-refractivity contribution in [2.45, 2.75) is 37.5 Å². The molecule has 4 aliphatic rings. The molecule has 3 saturated carbocycles. The van der Waals surface area contributed by atoms with Gasteiger partial charge >= 0.3 is 0 Å². The standard InChI is InChI=1S/C46H35NOS/c1-4-10-39-32(7-1)38-24-29(15-18-40(38)46(39)20-19-28-21-27-22-37(28)41(46)23-27)47(30-13-16-34-33-8-2-5-11-42(33)48-43(34)25-30)31-14-17-36-35-9-3-6-12-44(35)49-45(36)26-31/h1-18,24-28,37,41H,19-23H2. The van der Waals surface area contributed by atoms with Crippen molar-refractivity contribution < 1.29 is 4.42 Å². The lowest BCUT2D eigenvalue weighted by Gasteiger charge is -2.49. The van der Waals surface area contributed by atoms with E-state index in [2.05, 4.69) is 132 Å². The summed E-state index contributed by atoms with van der Waals surface area (Å²) in [6.07, 6.45) is 7.04. The summed E-state index contributed by atoms with van der Waals surface area (Å²) in [5.41, 5.74) is 11.6. The summed E-state index contributed by atoms with van der Waals surface area (Å²) in [4.78, 5) is 2.46. The quantitative estimate of drug-likeness (QED) is 0.189. The van der Waals surface area contributed by atoms with Crippen LogP contribution < -0.4 is 4.90 Å². The highest BCUT2D eigenvalue weighted by molar-refractivity contribution is 7.25. The maximum absolute atomic E-state index is 6.45. The van der Waals surface area contributed by atoms with Gasteiger partial charge in [0, 0.05) is 59.5 Å². The first-order chi connectivity index (χ1) is 24.2. The second-order valence-electron chi connectivity index (χ2n) is 15.3. The first kappa shape index (κ1) is 27.0. The van der Waals surface area contributed by atoms with E-state index in [1.807, 2.05) is 11.3 Å². The van der Waals surface area contributed by atoms with Crippen LogP contribution in [-0.4, -0.2) is 0 Å². The van der Waals surface area contributed by atoms with Crippen molar-refractivity contribution in [1.82, 2.24) is 0 Å². The van der Waals surface area contributed by atoms with Gasteiger partial charge in [0.05, 0.1) is 0 Å². The fourth-order valence-electron chi connectivity index (χ4n) is 11.4. The molecule has 49 heavy (non-hydrogen) atoms. The van der Waals surface area contributed by atoms with Crippen LogP contribution in [0.5, 0.6) is 0 Å². The normalized spacial score (nSPS) is 24.8. The minimum Gasteiger partial charge on any atom is -0.456 e. The summed E-state index contributed by atoms with van der Waals surface area (Å²) in [5.74, 6) is 3.58. The van der Waals surface area contributed by atoms with Crippen molar-refractivity contribution in [3.8, 4) is 11.1 Å². The molecule has 0 radical (unpaired) electrons. The zero-order valence-corrected chi connectivity index (χ0v) is 28.0. The summed E-state index contributed by atoms with van der Waals surface area (Å²) in [5, 5.41) is 4.98. The summed E-state index contributed by atoms with van der Waals surface area (Å²) >= 11 is 1.88. The molecule has 8 aromatic rings. The predicted octanol–water partition coefficient (Wildman–Crippen LogP) is 13.1. The zero-order chi connectivity index (χ0) is 31.8. The van der Waals surface area contributed by atoms with Crippen LogP contribution in [0.2, 0.25) is 0 Å². The summed E-state index contributed by atoms with van der Waals surface area (Å²) in [7, 11) is 0. The molecular formula is C46H35NOS. The Morgan fingerprint density at radius 1 is 0.571 bits per heavy atom. The van der Waals surface area contributed by atoms with Crippen LogP contribution in [0.4, 0.5) is 17.1 Å². The van der Waals surface area contributed by atoms with Gasteiger partial charge in [0.15, 0.2) is 0 Å². The molecule has 2 aromatic heterocycles. The van der Waals surface area contributed by atoms with E-state index in [9.17, 15) is 0 Å². The maximum Gasteiger partial charge on any atom is 0.137 e. The van der Waals surface area contributed by atoms with Crippen molar-refractivity contribution in [1.29, 1.82) is 0 Å². The summed E-state index contributed by atoms with van der Waals surface area (Å²) in [6.45, 7) is 0. The number of nitrogens with zero attached hydrogens (tertiary/aromatic N) is 1. The number of anilines is 3. The molecule has 1 spiro atoms. The minimum absolute atomic E-state index is 0.162. The average molecular weight is 650 g/mol. The van der Waals surface area contributed by atoms with Gasteiger partial charge in [-0.2, -0.15) is 0 Å². The number of rotatable bonds is 3. The van der Waals surface area contributed by atoms with E-state index in [1.54, 1.807) is 11.1 Å². The van der Waals surface area contributed by atoms with E-state index in [-0.39, 0.29) is 5.41 Å². The molecule has 0 amide bonds. The molecule has 5 unspecified atom stereocenters. The summed E-state index contributed by atoms with van der Waals surface area (Å²) in [6, 6.07) is 47.8. The van der Waals surface area contributed by atoms with E-state index < -0.39 is 0 Å². The van der Waals surface area contributed by atoms with Crippen LogP contribution in [0.15, 0.2) is 132 Å². The Balaban J connectivity index is 1.07. The van der Waals surface area contributed by atoms with Crippen LogP contribution in [0.1, 0.15) is 43.2 Å². The van der Waals surface area contributed by atoms with Gasteiger partial charge in [-0.15, -0.1) is 11.3 Å². The van der Waals surface area contributed by atoms with Gasteiger partial charge in [-0.05, 0) is 127 Å². The van der Waals surface area contributed by atoms with Gasteiger partial charge < -0.3 is 9.32 Å². The van der Waals surface area contributed by atoms with Crippen molar-refractivity contribution >= 4 is 70.5 Å². The lowest BCUT2D eigenvalue weighted by atomic mass is 9.54. The van der Waals surface area contributed by atoms with E-state index in [0.717, 1.165) is 51.3 Å². The predicted molar refractivity (Wildman–Crippen MR) is 205 cm³/mol. The fourth-order valence-corrected chi connectivity index (χ4v) is 12.5.